The van der Waals surface area contributed by atoms with E-state index in [1.54, 1.807) is 6.07 Å². The second kappa shape index (κ2) is 4.15. The molecule has 0 unspecified atom stereocenters. The number of hydrogen-bond donors (Lipinski definition) is 0. The summed E-state index contributed by atoms with van der Waals surface area (Å²) in [5.74, 6) is -2.05. The van der Waals surface area contributed by atoms with Crippen LogP contribution in [0.4, 0.5) is 9.18 Å². The van der Waals surface area contributed by atoms with Crippen LogP contribution >= 0.6 is 0 Å². The Morgan fingerprint density at radius 3 is 2.53 bits per heavy atom. The molecule has 0 N–H and O–H groups in total. The van der Waals surface area contributed by atoms with Gasteiger partial charge in [-0.2, -0.15) is 0 Å². The summed E-state index contributed by atoms with van der Waals surface area (Å²) in [6.07, 6.45) is 1.50. The summed E-state index contributed by atoms with van der Waals surface area (Å²) in [6.45, 7) is -0.0790. The van der Waals surface area contributed by atoms with Crippen LogP contribution in [0.15, 0.2) is 24.3 Å². The largest absolute Gasteiger partial charge is 0.334 e. The maximum atomic E-state index is 13.1. The molecule has 5 nitrogen and oxygen atoms in total. The number of carbonyl (C=O) groups is 3. The first-order valence-electron chi connectivity index (χ1n) is 6.01. The highest BCUT2D eigenvalue weighted by atomic mass is 19.1. The first-order valence-corrected chi connectivity index (χ1v) is 6.01. The average molecular weight is 262 g/mol. The molecule has 1 saturated carbocycles. The SMILES string of the molecule is O=C1C(=O)N(C2CC2)C(=O)N1Cc1cccc(F)c1. The molecular formula is C13H11FN2O3. The number of urea groups is 1. The van der Waals surface area contributed by atoms with Gasteiger partial charge in [0, 0.05) is 6.04 Å². The third-order valence-corrected chi connectivity index (χ3v) is 3.23. The zero-order valence-electron chi connectivity index (χ0n) is 10.0. The van der Waals surface area contributed by atoms with Crippen molar-refractivity contribution in [2.45, 2.75) is 25.4 Å². The predicted molar refractivity (Wildman–Crippen MR) is 62.2 cm³/mol. The topological polar surface area (TPSA) is 57.7 Å². The van der Waals surface area contributed by atoms with Crippen molar-refractivity contribution < 1.29 is 18.8 Å². The monoisotopic (exact) mass is 262 g/mol. The Hall–Kier alpha value is -2.24. The number of benzene rings is 1. The number of nitrogens with zero attached hydrogens (tertiary/aromatic N) is 2. The van der Waals surface area contributed by atoms with Gasteiger partial charge < -0.3 is 0 Å². The Morgan fingerprint density at radius 1 is 1.16 bits per heavy atom. The van der Waals surface area contributed by atoms with E-state index in [1.807, 2.05) is 0 Å². The van der Waals surface area contributed by atoms with E-state index in [0.717, 1.165) is 22.6 Å². The van der Waals surface area contributed by atoms with Gasteiger partial charge in [-0.25, -0.2) is 9.18 Å². The van der Waals surface area contributed by atoms with Crippen LogP contribution in [0.25, 0.3) is 0 Å². The summed E-state index contributed by atoms with van der Waals surface area (Å²) in [7, 11) is 0. The van der Waals surface area contributed by atoms with E-state index in [9.17, 15) is 18.8 Å². The van der Waals surface area contributed by atoms with Crippen molar-refractivity contribution in [2.75, 3.05) is 0 Å². The van der Waals surface area contributed by atoms with Gasteiger partial charge in [-0.15, -0.1) is 0 Å². The van der Waals surface area contributed by atoms with Gasteiger partial charge >= 0.3 is 17.8 Å². The maximum Gasteiger partial charge on any atom is 0.334 e. The summed E-state index contributed by atoms with van der Waals surface area (Å²) in [5, 5.41) is 0. The highest BCUT2D eigenvalue weighted by Gasteiger charge is 2.50. The predicted octanol–water partition coefficient (Wildman–Crippen LogP) is 1.28. The summed E-state index contributed by atoms with van der Waals surface area (Å²) < 4.78 is 13.1. The highest BCUT2D eigenvalue weighted by Crippen LogP contribution is 2.31. The molecule has 98 valence electrons. The molecule has 0 spiro atoms. The van der Waals surface area contributed by atoms with Crippen molar-refractivity contribution in [3.8, 4) is 0 Å². The lowest BCUT2D eigenvalue weighted by Gasteiger charge is -2.14. The van der Waals surface area contributed by atoms with Crippen LogP contribution in [0.5, 0.6) is 0 Å². The quantitative estimate of drug-likeness (QED) is 0.609. The molecule has 1 heterocycles. The van der Waals surface area contributed by atoms with Crippen molar-refractivity contribution in [2.24, 2.45) is 0 Å². The fourth-order valence-electron chi connectivity index (χ4n) is 2.13. The minimum atomic E-state index is -0.832. The second-order valence-electron chi connectivity index (χ2n) is 4.71. The van der Waals surface area contributed by atoms with Crippen molar-refractivity contribution in [3.63, 3.8) is 0 Å². The minimum absolute atomic E-state index is 0.0790. The lowest BCUT2D eigenvalue weighted by molar-refractivity contribution is -0.143. The average Bonchev–Trinajstić information content (AvgIpc) is 3.16. The van der Waals surface area contributed by atoms with Crippen LogP contribution in [-0.4, -0.2) is 33.7 Å². The van der Waals surface area contributed by atoms with E-state index >= 15 is 0 Å². The highest BCUT2D eigenvalue weighted by molar-refractivity contribution is 6.44. The number of imide groups is 2. The van der Waals surface area contributed by atoms with E-state index in [1.165, 1.54) is 18.2 Å². The van der Waals surface area contributed by atoms with Gasteiger partial charge in [-0.05, 0) is 30.5 Å². The molecule has 1 aliphatic carbocycles. The lowest BCUT2D eigenvalue weighted by Crippen LogP contribution is -2.34. The lowest BCUT2D eigenvalue weighted by atomic mass is 10.2. The van der Waals surface area contributed by atoms with Crippen LogP contribution in [0, 0.1) is 5.82 Å². The summed E-state index contributed by atoms with van der Waals surface area (Å²) in [5.41, 5.74) is 0.479. The summed E-state index contributed by atoms with van der Waals surface area (Å²) in [4.78, 5) is 37.4. The zero-order valence-corrected chi connectivity index (χ0v) is 10.0. The molecule has 0 radical (unpaired) electrons. The van der Waals surface area contributed by atoms with Crippen molar-refractivity contribution in [3.05, 3.63) is 35.6 Å². The third kappa shape index (κ3) is 1.99. The first-order chi connectivity index (χ1) is 9.08. The van der Waals surface area contributed by atoms with Gasteiger partial charge in [0.1, 0.15) is 5.82 Å². The van der Waals surface area contributed by atoms with Crippen molar-refractivity contribution in [1.82, 2.24) is 9.80 Å². The molecule has 1 aromatic carbocycles. The molecule has 3 rings (SSSR count). The van der Waals surface area contributed by atoms with E-state index < -0.39 is 23.7 Å². The number of amides is 4. The Bertz CT molecular complexity index is 583. The molecule has 0 bridgehead atoms. The molecule has 0 aromatic heterocycles. The van der Waals surface area contributed by atoms with Crippen LogP contribution in [-0.2, 0) is 16.1 Å². The molecular weight excluding hydrogens is 251 g/mol. The molecule has 4 amide bonds. The third-order valence-electron chi connectivity index (χ3n) is 3.23. The van der Waals surface area contributed by atoms with Gasteiger partial charge in [0.05, 0.1) is 6.54 Å². The number of carbonyl (C=O) groups excluding carboxylic acids is 3. The molecule has 1 aliphatic heterocycles. The molecule has 1 aromatic rings. The molecule has 1 saturated heterocycles. The Morgan fingerprint density at radius 2 is 1.89 bits per heavy atom. The molecule has 0 atom stereocenters. The summed E-state index contributed by atoms with van der Waals surface area (Å²) in [6, 6.07) is 4.89. The number of halogens is 1. The van der Waals surface area contributed by atoms with E-state index in [4.69, 9.17) is 0 Å². The Balaban J connectivity index is 1.83. The fraction of sp³-hybridized carbons (Fsp3) is 0.308. The van der Waals surface area contributed by atoms with Crippen molar-refractivity contribution >= 4 is 17.8 Å². The van der Waals surface area contributed by atoms with E-state index in [0.29, 0.717) is 5.56 Å². The second-order valence-corrected chi connectivity index (χ2v) is 4.71. The van der Waals surface area contributed by atoms with Crippen LogP contribution in [0.3, 0.4) is 0 Å². The fourth-order valence-corrected chi connectivity index (χ4v) is 2.13. The van der Waals surface area contributed by atoms with Gasteiger partial charge in [0.2, 0.25) is 0 Å². The van der Waals surface area contributed by atoms with Crippen LogP contribution in [0.2, 0.25) is 0 Å². The minimum Gasteiger partial charge on any atom is -0.263 e. The number of hydrogen-bond acceptors (Lipinski definition) is 3. The van der Waals surface area contributed by atoms with Crippen LogP contribution < -0.4 is 0 Å². The Kier molecular flexibility index (Phi) is 2.58. The van der Waals surface area contributed by atoms with E-state index in [-0.39, 0.29) is 12.6 Å². The smallest absolute Gasteiger partial charge is 0.263 e. The van der Waals surface area contributed by atoms with Crippen molar-refractivity contribution in [1.29, 1.82) is 0 Å². The maximum absolute atomic E-state index is 13.1. The van der Waals surface area contributed by atoms with Crippen LogP contribution in [0.1, 0.15) is 18.4 Å². The molecule has 2 aliphatic rings. The normalized spacial score (nSPS) is 19.5. The molecule has 19 heavy (non-hydrogen) atoms. The Labute approximate surface area is 108 Å². The number of rotatable bonds is 3. The summed E-state index contributed by atoms with van der Waals surface area (Å²) >= 11 is 0. The molecule has 2 fully saturated rings. The molecule has 6 heteroatoms. The van der Waals surface area contributed by atoms with Gasteiger partial charge in [-0.1, -0.05) is 12.1 Å². The zero-order chi connectivity index (χ0) is 13.6. The standard InChI is InChI=1S/C13H11FN2O3/c14-9-3-1-2-8(6-9)7-15-11(17)12(18)16(13(15)19)10-4-5-10/h1-3,6,10H,4-5,7H2. The van der Waals surface area contributed by atoms with E-state index in [2.05, 4.69) is 0 Å². The first kappa shape index (κ1) is 11.8. The van der Waals surface area contributed by atoms with Gasteiger partial charge in [-0.3, -0.25) is 19.4 Å². The van der Waals surface area contributed by atoms with Gasteiger partial charge in [0.25, 0.3) is 0 Å². The van der Waals surface area contributed by atoms with Gasteiger partial charge in [0.15, 0.2) is 0 Å².